The van der Waals surface area contributed by atoms with Gasteiger partial charge in [0.1, 0.15) is 13.2 Å². The summed E-state index contributed by atoms with van der Waals surface area (Å²) < 4.78 is 11.3. The summed E-state index contributed by atoms with van der Waals surface area (Å²) in [6.45, 7) is 0.972. The van der Waals surface area contributed by atoms with Crippen molar-refractivity contribution in [3.8, 4) is 22.6 Å². The molecule has 0 fully saturated rings. The molecule has 3 aromatic carbocycles. The summed E-state index contributed by atoms with van der Waals surface area (Å²) in [6, 6.07) is 23.5. The molecule has 0 aliphatic carbocycles. The quantitative estimate of drug-likeness (QED) is 0.583. The van der Waals surface area contributed by atoms with Crippen molar-refractivity contribution in [3.05, 3.63) is 83.9 Å². The van der Waals surface area contributed by atoms with E-state index in [4.69, 9.17) is 14.6 Å². The molecule has 0 aromatic heterocycles. The molecular weight excluding hydrogens is 432 g/mol. The van der Waals surface area contributed by atoms with Crippen molar-refractivity contribution in [3.63, 3.8) is 0 Å². The lowest BCUT2D eigenvalue weighted by Crippen LogP contribution is -2.27. The van der Waals surface area contributed by atoms with Crippen molar-refractivity contribution in [2.24, 2.45) is 5.10 Å². The molecule has 0 saturated heterocycles. The third kappa shape index (κ3) is 4.50. The number of hydrazone groups is 1. The van der Waals surface area contributed by atoms with Crippen LogP contribution >= 0.6 is 0 Å². The lowest BCUT2D eigenvalue weighted by atomic mass is 9.96. The minimum atomic E-state index is -1.01. The van der Waals surface area contributed by atoms with E-state index in [9.17, 15) is 9.59 Å². The molecule has 1 N–H and O–H groups in total. The van der Waals surface area contributed by atoms with Crippen LogP contribution in [-0.2, 0) is 9.59 Å². The number of amides is 1. The maximum absolute atomic E-state index is 12.9. The molecule has 0 bridgehead atoms. The van der Waals surface area contributed by atoms with Crippen LogP contribution < -0.4 is 9.47 Å². The summed E-state index contributed by atoms with van der Waals surface area (Å²) in [7, 11) is 0. The lowest BCUT2D eigenvalue weighted by molar-refractivity contribution is -0.141. The van der Waals surface area contributed by atoms with Crippen LogP contribution in [0.2, 0.25) is 0 Å². The van der Waals surface area contributed by atoms with Gasteiger partial charge in [-0.3, -0.25) is 9.59 Å². The van der Waals surface area contributed by atoms with Crippen LogP contribution in [0.5, 0.6) is 11.5 Å². The first-order chi connectivity index (χ1) is 16.6. The number of carboxylic acids is 1. The number of benzene rings is 3. The Balaban J connectivity index is 1.43. The highest BCUT2D eigenvalue weighted by molar-refractivity contribution is 6.03. The Bertz CT molecular complexity index is 1240. The first kappa shape index (κ1) is 21.7. The fourth-order valence-electron chi connectivity index (χ4n) is 4.26. The Kier molecular flexibility index (Phi) is 5.99. The monoisotopic (exact) mass is 456 g/mol. The molecule has 0 radical (unpaired) electrons. The van der Waals surface area contributed by atoms with Gasteiger partial charge in [-0.2, -0.15) is 5.10 Å². The topological polar surface area (TPSA) is 88.4 Å². The number of aliphatic carboxylic acids is 1. The van der Waals surface area contributed by atoms with Crippen LogP contribution in [-0.4, -0.2) is 40.9 Å². The van der Waals surface area contributed by atoms with Gasteiger partial charge in [0.25, 0.3) is 0 Å². The zero-order valence-electron chi connectivity index (χ0n) is 18.5. The van der Waals surface area contributed by atoms with Crippen LogP contribution in [0.15, 0.2) is 77.9 Å². The first-order valence-electron chi connectivity index (χ1n) is 11.3. The van der Waals surface area contributed by atoms with Gasteiger partial charge in [0, 0.05) is 12.8 Å². The molecule has 1 amide bonds. The Labute approximate surface area is 197 Å². The molecule has 0 saturated carbocycles. The van der Waals surface area contributed by atoms with Gasteiger partial charge in [0.15, 0.2) is 11.5 Å². The van der Waals surface area contributed by atoms with E-state index in [1.807, 2.05) is 60.7 Å². The number of hydrogen-bond acceptors (Lipinski definition) is 5. The highest BCUT2D eigenvalue weighted by Crippen LogP contribution is 2.39. The largest absolute Gasteiger partial charge is 0.486 e. The van der Waals surface area contributed by atoms with Crippen LogP contribution in [0.3, 0.4) is 0 Å². The van der Waals surface area contributed by atoms with Crippen LogP contribution in [0, 0.1) is 0 Å². The molecule has 7 nitrogen and oxygen atoms in total. The van der Waals surface area contributed by atoms with Crippen molar-refractivity contribution in [2.45, 2.75) is 25.3 Å². The molecule has 5 rings (SSSR count). The Morgan fingerprint density at radius 1 is 0.853 bits per heavy atom. The fraction of sp³-hybridized carbons (Fsp3) is 0.222. The van der Waals surface area contributed by atoms with Gasteiger partial charge in [0.2, 0.25) is 5.91 Å². The summed E-state index contributed by atoms with van der Waals surface area (Å²) in [4.78, 5) is 24.0. The number of carboxylic acid groups (broad SMARTS) is 1. The summed E-state index contributed by atoms with van der Waals surface area (Å²) in [5, 5.41) is 15.1. The van der Waals surface area contributed by atoms with Crippen molar-refractivity contribution in [1.29, 1.82) is 0 Å². The van der Waals surface area contributed by atoms with E-state index in [-0.39, 0.29) is 24.8 Å². The maximum atomic E-state index is 12.9. The molecule has 0 spiro atoms. The molecule has 1 unspecified atom stereocenters. The number of ether oxygens (including phenoxy) is 2. The first-order valence-corrected chi connectivity index (χ1v) is 11.3. The third-order valence-corrected chi connectivity index (χ3v) is 5.99. The van der Waals surface area contributed by atoms with E-state index >= 15 is 0 Å². The summed E-state index contributed by atoms with van der Waals surface area (Å²) in [6.07, 6.45) is 0.170. The molecule has 34 heavy (non-hydrogen) atoms. The predicted molar refractivity (Wildman–Crippen MR) is 127 cm³/mol. The summed E-state index contributed by atoms with van der Waals surface area (Å²) in [5.41, 5.74) is 4.80. The highest BCUT2D eigenvalue weighted by atomic mass is 16.6. The lowest BCUT2D eigenvalue weighted by Gasteiger charge is -2.24. The van der Waals surface area contributed by atoms with Gasteiger partial charge in [-0.25, -0.2) is 5.01 Å². The van der Waals surface area contributed by atoms with E-state index in [2.05, 4.69) is 17.2 Å². The van der Waals surface area contributed by atoms with E-state index in [0.29, 0.717) is 31.1 Å². The zero-order chi connectivity index (χ0) is 23.5. The third-order valence-electron chi connectivity index (χ3n) is 5.99. The molecule has 2 heterocycles. The Hall–Kier alpha value is -4.13. The van der Waals surface area contributed by atoms with Gasteiger partial charge < -0.3 is 14.6 Å². The van der Waals surface area contributed by atoms with E-state index in [0.717, 1.165) is 28.0 Å². The number of fused-ring (bicyclic) bond motifs is 1. The van der Waals surface area contributed by atoms with Crippen molar-refractivity contribution in [1.82, 2.24) is 5.01 Å². The Morgan fingerprint density at radius 3 is 2.26 bits per heavy atom. The van der Waals surface area contributed by atoms with Crippen molar-refractivity contribution >= 4 is 17.6 Å². The average molecular weight is 456 g/mol. The molecule has 172 valence electrons. The Morgan fingerprint density at radius 2 is 1.53 bits per heavy atom. The van der Waals surface area contributed by atoms with Crippen LogP contribution in [0.1, 0.15) is 36.4 Å². The standard InChI is InChI=1S/C27H24N2O5/c30-26(12-13-27(31)32)29-23(21-10-11-24-25(16-21)34-15-14-33-24)17-22(28-29)20-8-6-19(7-9-20)18-4-2-1-3-5-18/h1-11,16,23H,12-15,17H2,(H,31,32). The van der Waals surface area contributed by atoms with E-state index in [1.165, 1.54) is 5.01 Å². The van der Waals surface area contributed by atoms with E-state index < -0.39 is 5.97 Å². The molecular formula is C27H24N2O5. The minimum Gasteiger partial charge on any atom is -0.486 e. The highest BCUT2D eigenvalue weighted by Gasteiger charge is 2.34. The molecule has 2 aliphatic rings. The van der Waals surface area contributed by atoms with Crippen molar-refractivity contribution < 1.29 is 24.2 Å². The van der Waals surface area contributed by atoms with Gasteiger partial charge >= 0.3 is 5.97 Å². The average Bonchev–Trinajstić information content (AvgIpc) is 3.33. The number of rotatable bonds is 6. The maximum Gasteiger partial charge on any atom is 0.303 e. The van der Waals surface area contributed by atoms with Crippen LogP contribution in [0.4, 0.5) is 0 Å². The normalized spacial score (nSPS) is 16.8. The summed E-state index contributed by atoms with van der Waals surface area (Å²) >= 11 is 0. The number of nitrogens with zero attached hydrogens (tertiary/aromatic N) is 2. The van der Waals surface area contributed by atoms with Gasteiger partial charge in [0.05, 0.1) is 18.2 Å². The second-order valence-corrected chi connectivity index (χ2v) is 8.25. The second kappa shape index (κ2) is 9.39. The van der Waals surface area contributed by atoms with Crippen LogP contribution in [0.25, 0.3) is 11.1 Å². The van der Waals surface area contributed by atoms with Gasteiger partial charge in [-0.15, -0.1) is 0 Å². The second-order valence-electron chi connectivity index (χ2n) is 8.25. The smallest absolute Gasteiger partial charge is 0.303 e. The van der Waals surface area contributed by atoms with Crippen molar-refractivity contribution in [2.75, 3.05) is 13.2 Å². The van der Waals surface area contributed by atoms with Gasteiger partial charge in [-0.05, 0) is 34.4 Å². The molecule has 2 aliphatic heterocycles. The number of hydrogen-bond donors (Lipinski definition) is 1. The van der Waals surface area contributed by atoms with Gasteiger partial charge in [-0.1, -0.05) is 60.7 Å². The zero-order valence-corrected chi connectivity index (χ0v) is 18.5. The minimum absolute atomic E-state index is 0.111. The number of carbonyl (C=O) groups excluding carboxylic acids is 1. The number of carbonyl (C=O) groups is 2. The molecule has 1 atom stereocenters. The SMILES string of the molecule is O=C(O)CCC(=O)N1N=C(c2ccc(-c3ccccc3)cc2)CC1c1ccc2c(c1)OCCO2. The fourth-order valence-corrected chi connectivity index (χ4v) is 4.26. The molecule has 7 heteroatoms. The molecule has 3 aromatic rings. The summed E-state index contributed by atoms with van der Waals surface area (Å²) in [5.74, 6) is -0.0148. The van der Waals surface area contributed by atoms with E-state index in [1.54, 1.807) is 0 Å². The predicted octanol–water partition coefficient (Wildman–Crippen LogP) is 4.67.